The van der Waals surface area contributed by atoms with Crippen LogP contribution in [0.1, 0.15) is 32.6 Å². The van der Waals surface area contributed by atoms with Crippen molar-refractivity contribution < 1.29 is 0 Å². The van der Waals surface area contributed by atoms with E-state index in [1.54, 1.807) is 11.3 Å². The van der Waals surface area contributed by atoms with Gasteiger partial charge in [-0.15, -0.1) is 11.3 Å². The molecule has 0 aliphatic rings. The summed E-state index contributed by atoms with van der Waals surface area (Å²) in [6.07, 6.45) is 3.75. The van der Waals surface area contributed by atoms with Crippen molar-refractivity contribution in [3.8, 4) is 0 Å². The molecule has 0 saturated heterocycles. The normalized spacial score (nSPS) is 7.75. The van der Waals surface area contributed by atoms with Gasteiger partial charge in [0.05, 0.1) is 0 Å². The summed E-state index contributed by atoms with van der Waals surface area (Å²) in [5, 5.41) is 3.47. The average Bonchev–Trinajstić information content (AvgIpc) is 2.58. The Balaban J connectivity index is 0. The van der Waals surface area contributed by atoms with E-state index < -0.39 is 0 Å². The van der Waals surface area contributed by atoms with Crippen LogP contribution in [0.2, 0.25) is 0 Å². The summed E-state index contributed by atoms with van der Waals surface area (Å²) < 4.78 is 0. The first-order valence-corrected chi connectivity index (χ1v) is 6.31. The van der Waals surface area contributed by atoms with E-state index in [1.165, 1.54) is 10.2 Å². The van der Waals surface area contributed by atoms with Gasteiger partial charge in [0.2, 0.25) is 0 Å². The molecule has 2 heteroatoms. The second-order valence-electron chi connectivity index (χ2n) is 1.57. The Bertz CT molecular complexity index is 191. The van der Waals surface area contributed by atoms with Gasteiger partial charge >= 0.3 is 0 Å². The van der Waals surface area contributed by atoms with Crippen LogP contribution in [-0.4, -0.2) is 6.30 Å². The van der Waals surface area contributed by atoms with Gasteiger partial charge in [0, 0.05) is 15.6 Å². The molecule has 1 heterocycles. The Hall–Kier alpha value is -0.130. The third-order valence-corrected chi connectivity index (χ3v) is 2.56. The highest BCUT2D eigenvalue weighted by Gasteiger charge is 1.87. The summed E-state index contributed by atoms with van der Waals surface area (Å²) in [6, 6.07) is 2.17. The van der Waals surface area contributed by atoms with E-state index in [9.17, 15) is 0 Å². The monoisotopic (exact) mass is 202 g/mol. The van der Waals surface area contributed by atoms with Crippen molar-refractivity contribution in [2.75, 3.05) is 0 Å². The smallest absolute Gasteiger partial charge is 0.0122 e. The van der Waals surface area contributed by atoms with E-state index in [1.807, 2.05) is 27.7 Å². The number of hydrogen-bond acceptors (Lipinski definition) is 1. The van der Waals surface area contributed by atoms with E-state index >= 15 is 0 Å². The standard InChI is InChI=1S/C6H7PS.2C2H6/c1-5-3-6(7-2)4-8-5;2*1-2/h3-4H,2H2,1H3;2*1-2H3. The number of rotatable bonds is 1. The molecule has 0 aliphatic heterocycles. The van der Waals surface area contributed by atoms with Crippen LogP contribution >= 0.6 is 19.5 Å². The van der Waals surface area contributed by atoms with Crippen LogP contribution in [0.3, 0.4) is 0 Å². The molecule has 0 aromatic carbocycles. The first kappa shape index (κ1) is 14.4. The lowest BCUT2D eigenvalue weighted by atomic mass is 10.5. The molecule has 0 radical (unpaired) electrons. The Morgan fingerprint density at radius 1 is 1.25 bits per heavy atom. The zero-order chi connectivity index (χ0) is 9.98. The fourth-order valence-electron chi connectivity index (χ4n) is 0.513. The minimum Gasteiger partial charge on any atom is -0.148 e. The molecule has 0 nitrogen and oxygen atoms in total. The largest absolute Gasteiger partial charge is 0.148 e. The fraction of sp³-hybridized carbons (Fsp3) is 0.500. The van der Waals surface area contributed by atoms with Gasteiger partial charge in [-0.3, -0.25) is 0 Å². The fourth-order valence-corrected chi connectivity index (χ4v) is 1.91. The van der Waals surface area contributed by atoms with Crippen LogP contribution in [-0.2, 0) is 0 Å². The van der Waals surface area contributed by atoms with Crippen molar-refractivity contribution in [2.24, 2.45) is 0 Å². The van der Waals surface area contributed by atoms with Gasteiger partial charge in [-0.2, -0.15) is 0 Å². The minimum absolute atomic E-state index is 1.13. The Kier molecular flexibility index (Phi) is 13.0. The van der Waals surface area contributed by atoms with Gasteiger partial charge in [-0.25, -0.2) is 0 Å². The molecule has 12 heavy (non-hydrogen) atoms. The summed E-state index contributed by atoms with van der Waals surface area (Å²) in [6.45, 7) is 10.1. The van der Waals surface area contributed by atoms with Crippen molar-refractivity contribution in [1.82, 2.24) is 0 Å². The lowest BCUT2D eigenvalue weighted by Crippen LogP contribution is -1.78. The van der Waals surface area contributed by atoms with Gasteiger partial charge < -0.3 is 0 Å². The summed E-state index contributed by atoms with van der Waals surface area (Å²) in [5.41, 5.74) is 0. The SMILES string of the molecule is C=Pc1csc(C)c1.CC.CC. The molecule has 0 unspecified atom stereocenters. The first-order chi connectivity index (χ1) is 5.83. The molecule has 1 aromatic rings. The van der Waals surface area contributed by atoms with Crippen LogP contribution in [0.25, 0.3) is 0 Å². The summed E-state index contributed by atoms with van der Waals surface area (Å²) in [5.74, 6) is 0. The Morgan fingerprint density at radius 2 is 1.75 bits per heavy atom. The van der Waals surface area contributed by atoms with Crippen LogP contribution in [0.5, 0.6) is 0 Å². The van der Waals surface area contributed by atoms with Crippen molar-refractivity contribution in [2.45, 2.75) is 34.6 Å². The number of aryl methyl sites for hydroxylation is 1. The van der Waals surface area contributed by atoms with E-state index in [4.69, 9.17) is 0 Å². The van der Waals surface area contributed by atoms with Gasteiger partial charge in [0.15, 0.2) is 0 Å². The molecule has 0 saturated carbocycles. The van der Waals surface area contributed by atoms with Gasteiger partial charge in [-0.1, -0.05) is 42.2 Å². The van der Waals surface area contributed by atoms with E-state index in [-0.39, 0.29) is 0 Å². The zero-order valence-corrected chi connectivity index (χ0v) is 10.4. The maximum absolute atomic E-state index is 3.75. The van der Waals surface area contributed by atoms with Crippen LogP contribution in [0, 0.1) is 6.92 Å². The van der Waals surface area contributed by atoms with Crippen molar-refractivity contribution in [3.63, 3.8) is 0 Å². The molecule has 0 atom stereocenters. The minimum atomic E-state index is 1.13. The van der Waals surface area contributed by atoms with E-state index in [0.717, 1.165) is 8.20 Å². The third kappa shape index (κ3) is 6.57. The maximum atomic E-state index is 3.75. The third-order valence-electron chi connectivity index (χ3n) is 0.899. The Morgan fingerprint density at radius 3 is 1.92 bits per heavy atom. The second-order valence-corrected chi connectivity index (χ2v) is 3.52. The molecule has 0 bridgehead atoms. The van der Waals surface area contributed by atoms with Crippen molar-refractivity contribution in [3.05, 3.63) is 16.3 Å². The molecule has 70 valence electrons. The van der Waals surface area contributed by atoms with Gasteiger partial charge in [0.1, 0.15) is 0 Å². The molecular weight excluding hydrogens is 183 g/mol. The highest BCUT2D eigenvalue weighted by molar-refractivity contribution is 7.46. The molecule has 0 aliphatic carbocycles. The highest BCUT2D eigenvalue weighted by Crippen LogP contribution is 2.07. The molecule has 0 N–H and O–H groups in total. The number of thiophene rings is 1. The molecular formula is C10H19PS. The summed E-state index contributed by atoms with van der Waals surface area (Å²) in [4.78, 5) is 1.37. The zero-order valence-electron chi connectivity index (χ0n) is 8.72. The molecule has 1 rings (SSSR count). The van der Waals surface area contributed by atoms with Gasteiger partial charge in [0.25, 0.3) is 0 Å². The molecule has 1 aromatic heterocycles. The molecule has 0 fully saturated rings. The topological polar surface area (TPSA) is 0 Å². The molecule has 0 spiro atoms. The van der Waals surface area contributed by atoms with E-state index in [2.05, 4.69) is 24.7 Å². The van der Waals surface area contributed by atoms with Crippen LogP contribution in [0.4, 0.5) is 0 Å². The first-order valence-electron chi connectivity index (χ1n) is 4.35. The van der Waals surface area contributed by atoms with Crippen LogP contribution < -0.4 is 5.30 Å². The lowest BCUT2D eigenvalue weighted by molar-refractivity contribution is 1.50. The lowest BCUT2D eigenvalue weighted by Gasteiger charge is -1.73. The summed E-state index contributed by atoms with van der Waals surface area (Å²) in [7, 11) is 1.13. The predicted molar refractivity (Wildman–Crippen MR) is 65.4 cm³/mol. The summed E-state index contributed by atoms with van der Waals surface area (Å²) >= 11 is 1.78. The van der Waals surface area contributed by atoms with Gasteiger partial charge in [-0.05, 0) is 13.0 Å². The highest BCUT2D eigenvalue weighted by atomic mass is 32.1. The second kappa shape index (κ2) is 10.9. The quantitative estimate of drug-likeness (QED) is 0.601. The predicted octanol–water partition coefficient (Wildman–Crippen LogP) is 4.11. The molecule has 0 amide bonds. The average molecular weight is 202 g/mol. The van der Waals surface area contributed by atoms with Crippen molar-refractivity contribution >= 4 is 31.1 Å². The van der Waals surface area contributed by atoms with Crippen LogP contribution in [0.15, 0.2) is 11.4 Å². The van der Waals surface area contributed by atoms with E-state index in [0.29, 0.717) is 0 Å². The number of hydrogen-bond donors (Lipinski definition) is 0. The Labute approximate surface area is 82.4 Å². The maximum Gasteiger partial charge on any atom is 0.0122 e. The van der Waals surface area contributed by atoms with Crippen molar-refractivity contribution in [1.29, 1.82) is 0 Å².